The Labute approximate surface area is 201 Å². The fraction of sp³-hybridized carbons (Fsp3) is 0.481. The number of ether oxygens (including phenoxy) is 3. The van der Waals surface area contributed by atoms with Gasteiger partial charge in [-0.1, -0.05) is 18.2 Å². The van der Waals surface area contributed by atoms with Crippen LogP contribution in [-0.2, 0) is 4.79 Å². The number of benzene rings is 2. The molecule has 7 nitrogen and oxygen atoms in total. The minimum absolute atomic E-state index is 0.0375. The Balaban J connectivity index is 1.71. The van der Waals surface area contributed by atoms with E-state index >= 15 is 0 Å². The summed E-state index contributed by atoms with van der Waals surface area (Å²) in [4.78, 5) is 31.0. The van der Waals surface area contributed by atoms with Crippen molar-refractivity contribution < 1.29 is 23.8 Å². The van der Waals surface area contributed by atoms with Gasteiger partial charge in [0.05, 0.1) is 27.2 Å². The first-order valence-electron chi connectivity index (χ1n) is 11.9. The second-order valence-corrected chi connectivity index (χ2v) is 9.08. The summed E-state index contributed by atoms with van der Waals surface area (Å²) >= 11 is 0. The third-order valence-corrected chi connectivity index (χ3v) is 7.08. The molecular formula is C27H34N2O5. The molecule has 7 heteroatoms. The third kappa shape index (κ3) is 4.56. The van der Waals surface area contributed by atoms with Gasteiger partial charge in [0, 0.05) is 37.7 Å². The summed E-state index contributed by atoms with van der Waals surface area (Å²) in [5.41, 5.74) is 2.52. The summed E-state index contributed by atoms with van der Waals surface area (Å²) in [6.07, 6.45) is 3.21. The van der Waals surface area contributed by atoms with E-state index in [1.54, 1.807) is 21.3 Å². The highest BCUT2D eigenvalue weighted by molar-refractivity contribution is 5.96. The molecule has 2 atom stereocenters. The maximum absolute atomic E-state index is 13.7. The highest BCUT2D eigenvalue weighted by Crippen LogP contribution is 2.44. The van der Waals surface area contributed by atoms with Crippen molar-refractivity contribution in [2.45, 2.75) is 32.1 Å². The fourth-order valence-electron chi connectivity index (χ4n) is 5.21. The first-order chi connectivity index (χ1) is 16.5. The fourth-order valence-corrected chi connectivity index (χ4v) is 5.21. The van der Waals surface area contributed by atoms with Crippen LogP contribution in [0.5, 0.6) is 17.2 Å². The van der Waals surface area contributed by atoms with E-state index in [0.717, 1.165) is 43.5 Å². The van der Waals surface area contributed by atoms with Crippen molar-refractivity contribution in [3.63, 3.8) is 0 Å². The van der Waals surface area contributed by atoms with Crippen molar-refractivity contribution in [1.82, 2.24) is 9.80 Å². The first-order valence-corrected chi connectivity index (χ1v) is 11.9. The zero-order chi connectivity index (χ0) is 24.2. The molecular weight excluding hydrogens is 432 g/mol. The van der Waals surface area contributed by atoms with E-state index in [1.807, 2.05) is 53.1 Å². The maximum atomic E-state index is 13.7. The Bertz CT molecular complexity index is 1020. The SMILES string of the molecule is COc1cc([C@H]2CN(C(=O)c3ccccc3C)C[C@H]2C(=O)N2CCCCC2)cc(OC)c1OC. The van der Waals surface area contributed by atoms with Crippen LogP contribution in [0, 0.1) is 12.8 Å². The third-order valence-electron chi connectivity index (χ3n) is 7.08. The van der Waals surface area contributed by atoms with Crippen LogP contribution in [0.4, 0.5) is 0 Å². The van der Waals surface area contributed by atoms with Gasteiger partial charge in [0.25, 0.3) is 5.91 Å². The molecule has 2 saturated heterocycles. The summed E-state index contributed by atoms with van der Waals surface area (Å²) < 4.78 is 16.6. The van der Waals surface area contributed by atoms with Gasteiger partial charge >= 0.3 is 0 Å². The number of hydrogen-bond acceptors (Lipinski definition) is 5. The lowest BCUT2D eigenvalue weighted by Gasteiger charge is -2.31. The van der Waals surface area contributed by atoms with Gasteiger partial charge in [-0.05, 0) is 55.5 Å². The number of piperidine rings is 1. The molecule has 34 heavy (non-hydrogen) atoms. The van der Waals surface area contributed by atoms with Gasteiger partial charge in [0.2, 0.25) is 11.7 Å². The highest BCUT2D eigenvalue weighted by Gasteiger charge is 2.43. The molecule has 0 N–H and O–H groups in total. The summed E-state index contributed by atoms with van der Waals surface area (Å²) in [5.74, 6) is 1.20. The van der Waals surface area contributed by atoms with Gasteiger partial charge in [0.15, 0.2) is 11.5 Å². The van der Waals surface area contributed by atoms with Gasteiger partial charge in [-0.15, -0.1) is 0 Å². The molecule has 0 spiro atoms. The minimum Gasteiger partial charge on any atom is -0.493 e. The standard InChI is InChI=1S/C27H34N2O5/c1-18-10-6-7-11-20(18)26(30)29-16-21(22(17-29)27(31)28-12-8-5-9-13-28)19-14-23(32-2)25(34-4)24(15-19)33-3/h6-7,10-11,14-15,21-22H,5,8-9,12-13,16-17H2,1-4H3/t21-,22-/m1/s1. The van der Waals surface area contributed by atoms with Gasteiger partial charge in [-0.3, -0.25) is 9.59 Å². The number of methoxy groups -OCH3 is 3. The molecule has 0 bridgehead atoms. The van der Waals surface area contributed by atoms with Crippen LogP contribution in [-0.4, -0.2) is 69.1 Å². The van der Waals surface area contributed by atoms with E-state index in [1.165, 1.54) is 0 Å². The van der Waals surface area contributed by atoms with Crippen LogP contribution in [0.25, 0.3) is 0 Å². The Morgan fingerprint density at radius 1 is 0.853 bits per heavy atom. The molecule has 4 rings (SSSR count). The van der Waals surface area contributed by atoms with Crippen molar-refractivity contribution in [2.24, 2.45) is 5.92 Å². The van der Waals surface area contributed by atoms with Crippen LogP contribution < -0.4 is 14.2 Å². The van der Waals surface area contributed by atoms with Crippen LogP contribution in [0.15, 0.2) is 36.4 Å². The number of hydrogen-bond donors (Lipinski definition) is 0. The Kier molecular flexibility index (Phi) is 7.29. The molecule has 0 saturated carbocycles. The zero-order valence-corrected chi connectivity index (χ0v) is 20.5. The van der Waals surface area contributed by atoms with E-state index in [2.05, 4.69) is 0 Å². The molecule has 2 aliphatic rings. The van der Waals surface area contributed by atoms with Gasteiger partial charge in [-0.25, -0.2) is 0 Å². The lowest BCUT2D eigenvalue weighted by molar-refractivity contribution is -0.136. The molecule has 0 radical (unpaired) electrons. The van der Waals surface area contributed by atoms with E-state index in [0.29, 0.717) is 35.9 Å². The maximum Gasteiger partial charge on any atom is 0.254 e. The largest absolute Gasteiger partial charge is 0.493 e. The number of carbonyl (C=O) groups is 2. The van der Waals surface area contributed by atoms with E-state index in [9.17, 15) is 9.59 Å². The monoisotopic (exact) mass is 466 g/mol. The summed E-state index contributed by atoms with van der Waals surface area (Å²) in [5, 5.41) is 0. The van der Waals surface area contributed by atoms with Crippen molar-refractivity contribution in [3.05, 3.63) is 53.1 Å². The first kappa shape index (κ1) is 23.9. The average molecular weight is 467 g/mol. The Hall–Kier alpha value is -3.22. The molecule has 0 aromatic heterocycles. The number of nitrogens with zero attached hydrogens (tertiary/aromatic N) is 2. The molecule has 2 fully saturated rings. The lowest BCUT2D eigenvalue weighted by atomic mass is 9.87. The smallest absolute Gasteiger partial charge is 0.254 e. The van der Waals surface area contributed by atoms with E-state index in [4.69, 9.17) is 14.2 Å². The van der Waals surface area contributed by atoms with Crippen molar-refractivity contribution >= 4 is 11.8 Å². The van der Waals surface area contributed by atoms with Crippen LogP contribution in [0.2, 0.25) is 0 Å². The molecule has 182 valence electrons. The number of rotatable bonds is 6. The number of amides is 2. The number of aryl methyl sites for hydroxylation is 1. The van der Waals surface area contributed by atoms with Crippen LogP contribution >= 0.6 is 0 Å². The zero-order valence-electron chi connectivity index (χ0n) is 20.5. The molecule has 2 aliphatic heterocycles. The Morgan fingerprint density at radius 2 is 1.50 bits per heavy atom. The molecule has 2 heterocycles. The van der Waals surface area contributed by atoms with Gasteiger partial charge in [-0.2, -0.15) is 0 Å². The number of likely N-dealkylation sites (tertiary alicyclic amines) is 2. The molecule has 0 aliphatic carbocycles. The quantitative estimate of drug-likeness (QED) is 0.646. The summed E-state index contributed by atoms with van der Waals surface area (Å²) in [6, 6.07) is 11.4. The van der Waals surface area contributed by atoms with E-state index < -0.39 is 0 Å². The molecule has 0 unspecified atom stereocenters. The predicted octanol–water partition coefficient (Wildman–Crippen LogP) is 3.89. The second kappa shape index (κ2) is 10.4. The average Bonchev–Trinajstić information content (AvgIpc) is 3.33. The second-order valence-electron chi connectivity index (χ2n) is 9.08. The summed E-state index contributed by atoms with van der Waals surface area (Å²) in [7, 11) is 4.74. The van der Waals surface area contributed by atoms with Crippen molar-refractivity contribution in [2.75, 3.05) is 47.5 Å². The lowest BCUT2D eigenvalue weighted by Crippen LogP contribution is -2.42. The molecule has 2 aromatic carbocycles. The predicted molar refractivity (Wildman–Crippen MR) is 130 cm³/mol. The number of carbonyl (C=O) groups excluding carboxylic acids is 2. The minimum atomic E-state index is -0.325. The van der Waals surface area contributed by atoms with Gasteiger partial charge in [0.1, 0.15) is 0 Å². The van der Waals surface area contributed by atoms with Gasteiger partial charge < -0.3 is 24.0 Å². The summed E-state index contributed by atoms with van der Waals surface area (Å²) in [6.45, 7) is 4.35. The van der Waals surface area contributed by atoms with E-state index in [-0.39, 0.29) is 23.7 Å². The Morgan fingerprint density at radius 3 is 2.09 bits per heavy atom. The molecule has 2 amide bonds. The highest BCUT2D eigenvalue weighted by atomic mass is 16.5. The van der Waals surface area contributed by atoms with Crippen molar-refractivity contribution in [1.29, 1.82) is 0 Å². The van der Waals surface area contributed by atoms with Crippen LogP contribution in [0.3, 0.4) is 0 Å². The van der Waals surface area contributed by atoms with Crippen LogP contribution in [0.1, 0.15) is 46.7 Å². The van der Waals surface area contributed by atoms with Crippen molar-refractivity contribution in [3.8, 4) is 17.2 Å². The topological polar surface area (TPSA) is 68.3 Å². The molecule has 2 aromatic rings. The normalized spacial score (nSPS) is 20.2.